The number of hydrogen-bond acceptors (Lipinski definition) is 5. The van der Waals surface area contributed by atoms with Crippen LogP contribution < -0.4 is 5.11 Å². The van der Waals surface area contributed by atoms with E-state index in [2.05, 4.69) is 0 Å². The molecule has 0 aromatic heterocycles. The lowest BCUT2D eigenvalue weighted by Gasteiger charge is -2.05. The monoisotopic (exact) mass is 351 g/mol. The van der Waals surface area contributed by atoms with E-state index in [1.54, 1.807) is 36.5 Å². The van der Waals surface area contributed by atoms with Gasteiger partial charge in [0.15, 0.2) is 0 Å². The van der Waals surface area contributed by atoms with Crippen molar-refractivity contribution in [1.29, 1.82) is 0 Å². The number of hydrogen-bond donors (Lipinski definition) is 3. The number of allylic oxidation sites excluding steroid dienone is 5. The zero-order valence-corrected chi connectivity index (χ0v) is 15.0. The van der Waals surface area contributed by atoms with E-state index in [9.17, 15) is 25.2 Å². The second-order valence-corrected chi connectivity index (χ2v) is 5.90. The molecule has 5 nitrogen and oxygen atoms in total. The largest absolute Gasteiger partial charge is 0.550 e. The Morgan fingerprint density at radius 2 is 1.60 bits per heavy atom. The van der Waals surface area contributed by atoms with Gasteiger partial charge in [-0.25, -0.2) is 0 Å². The molecule has 0 aromatic carbocycles. The van der Waals surface area contributed by atoms with Gasteiger partial charge in [0.05, 0.1) is 18.3 Å². The molecular weight excluding hydrogens is 320 g/mol. The Bertz CT molecular complexity index is 451. The van der Waals surface area contributed by atoms with Crippen LogP contribution in [-0.4, -0.2) is 39.6 Å². The lowest BCUT2D eigenvalue weighted by molar-refractivity contribution is -0.305. The minimum atomic E-state index is -1.10. The predicted octanol–water partition coefficient (Wildman–Crippen LogP) is 1.79. The number of aliphatic carboxylic acids is 1. The quantitative estimate of drug-likeness (QED) is 0.327. The molecule has 3 N–H and O–H groups in total. The van der Waals surface area contributed by atoms with Gasteiger partial charge >= 0.3 is 0 Å². The van der Waals surface area contributed by atoms with Gasteiger partial charge in [0.2, 0.25) is 0 Å². The summed E-state index contributed by atoms with van der Waals surface area (Å²) in [7, 11) is 0. The SMILES string of the molecule is CCC(O)CC/C=C\C[C@@H](O)/C=C/C=C/C=C\[C@@H](O)CCCC(=O)[O-]. The lowest BCUT2D eigenvalue weighted by atomic mass is 10.1. The summed E-state index contributed by atoms with van der Waals surface area (Å²) in [6.07, 6.45) is 16.1. The van der Waals surface area contributed by atoms with Gasteiger partial charge in [0.1, 0.15) is 0 Å². The van der Waals surface area contributed by atoms with Crippen LogP contribution in [0.4, 0.5) is 0 Å². The summed E-state index contributed by atoms with van der Waals surface area (Å²) in [6, 6.07) is 0. The number of aliphatic hydroxyl groups excluding tert-OH is 3. The molecule has 0 amide bonds. The third-order valence-electron chi connectivity index (χ3n) is 3.56. The number of rotatable bonds is 14. The van der Waals surface area contributed by atoms with E-state index < -0.39 is 18.2 Å². The first-order valence-electron chi connectivity index (χ1n) is 8.86. The van der Waals surface area contributed by atoms with Crippen LogP contribution in [0.15, 0.2) is 48.6 Å². The topological polar surface area (TPSA) is 101 Å². The van der Waals surface area contributed by atoms with Crippen molar-refractivity contribution in [3.8, 4) is 0 Å². The predicted molar refractivity (Wildman–Crippen MR) is 97.6 cm³/mol. The Kier molecular flexibility index (Phi) is 14.7. The normalized spacial score (nSPS) is 16.3. The van der Waals surface area contributed by atoms with Gasteiger partial charge in [-0.15, -0.1) is 0 Å². The summed E-state index contributed by atoms with van der Waals surface area (Å²) in [6.45, 7) is 1.95. The van der Waals surface area contributed by atoms with E-state index in [0.29, 0.717) is 19.3 Å². The van der Waals surface area contributed by atoms with Crippen molar-refractivity contribution in [3.05, 3.63) is 48.6 Å². The van der Waals surface area contributed by atoms with Gasteiger partial charge < -0.3 is 25.2 Å². The standard InChI is InChI=1S/C20H32O5/c1-2-17(21)11-8-5-9-14-18(22)12-6-3-4-7-13-19(23)15-10-16-20(24)25/h3-7,9,12-13,17-19,21-23H,2,8,10-11,14-16H2,1H3,(H,24,25)/p-1/b4-3+,9-5-,12-6+,13-7-/t17?,18-,19+/m0/s1. The Balaban J connectivity index is 3.86. The first-order valence-corrected chi connectivity index (χ1v) is 8.86. The molecule has 0 radical (unpaired) electrons. The maximum atomic E-state index is 10.2. The van der Waals surface area contributed by atoms with Crippen molar-refractivity contribution in [3.63, 3.8) is 0 Å². The molecule has 0 bridgehead atoms. The third kappa shape index (κ3) is 16.9. The Hall–Kier alpha value is -1.69. The summed E-state index contributed by atoms with van der Waals surface area (Å²) >= 11 is 0. The van der Waals surface area contributed by atoms with Crippen LogP contribution in [0.3, 0.4) is 0 Å². The van der Waals surface area contributed by atoms with Crippen molar-refractivity contribution in [1.82, 2.24) is 0 Å². The summed E-state index contributed by atoms with van der Waals surface area (Å²) in [5.41, 5.74) is 0. The fraction of sp³-hybridized carbons (Fsp3) is 0.550. The van der Waals surface area contributed by atoms with Crippen LogP contribution >= 0.6 is 0 Å². The minimum absolute atomic E-state index is 0.0466. The van der Waals surface area contributed by atoms with Crippen molar-refractivity contribution in [2.24, 2.45) is 0 Å². The van der Waals surface area contributed by atoms with Gasteiger partial charge in [-0.05, 0) is 44.9 Å². The van der Waals surface area contributed by atoms with E-state index in [-0.39, 0.29) is 12.5 Å². The Labute approximate surface area is 150 Å². The maximum absolute atomic E-state index is 10.2. The smallest absolute Gasteiger partial charge is 0.0758 e. The van der Waals surface area contributed by atoms with Crippen LogP contribution in [0.25, 0.3) is 0 Å². The molecule has 0 spiro atoms. The zero-order chi connectivity index (χ0) is 18.9. The van der Waals surface area contributed by atoms with Crippen LogP contribution in [0.1, 0.15) is 51.9 Å². The molecule has 0 fully saturated rings. The molecule has 0 saturated heterocycles. The average molecular weight is 351 g/mol. The van der Waals surface area contributed by atoms with E-state index >= 15 is 0 Å². The minimum Gasteiger partial charge on any atom is -0.550 e. The number of carboxylic acid groups (broad SMARTS) is 1. The molecule has 0 aromatic rings. The number of carbonyl (C=O) groups is 1. The van der Waals surface area contributed by atoms with E-state index in [4.69, 9.17) is 0 Å². The van der Waals surface area contributed by atoms with E-state index in [1.165, 1.54) is 0 Å². The highest BCUT2D eigenvalue weighted by Crippen LogP contribution is 2.04. The third-order valence-corrected chi connectivity index (χ3v) is 3.56. The van der Waals surface area contributed by atoms with Gasteiger partial charge in [0, 0.05) is 5.97 Å². The molecule has 0 rings (SSSR count). The second kappa shape index (κ2) is 15.8. The zero-order valence-electron chi connectivity index (χ0n) is 15.0. The van der Waals surface area contributed by atoms with E-state index in [1.807, 2.05) is 19.1 Å². The molecule has 3 atom stereocenters. The van der Waals surface area contributed by atoms with Gasteiger partial charge in [-0.3, -0.25) is 0 Å². The Morgan fingerprint density at radius 1 is 0.960 bits per heavy atom. The van der Waals surface area contributed by atoms with Gasteiger partial charge in [-0.2, -0.15) is 0 Å². The molecule has 0 saturated carbocycles. The molecule has 1 unspecified atom stereocenters. The Morgan fingerprint density at radius 3 is 2.20 bits per heavy atom. The first-order chi connectivity index (χ1) is 12.0. The van der Waals surface area contributed by atoms with Crippen molar-refractivity contribution < 1.29 is 25.2 Å². The van der Waals surface area contributed by atoms with Crippen molar-refractivity contribution >= 4 is 5.97 Å². The fourth-order valence-electron chi connectivity index (χ4n) is 1.99. The molecule has 25 heavy (non-hydrogen) atoms. The maximum Gasteiger partial charge on any atom is 0.0758 e. The van der Waals surface area contributed by atoms with Crippen LogP contribution in [0.5, 0.6) is 0 Å². The van der Waals surface area contributed by atoms with Crippen molar-refractivity contribution in [2.75, 3.05) is 0 Å². The number of aliphatic hydroxyl groups is 3. The number of carboxylic acids is 1. The highest BCUT2D eigenvalue weighted by atomic mass is 16.4. The highest BCUT2D eigenvalue weighted by molar-refractivity contribution is 5.64. The summed E-state index contributed by atoms with van der Waals surface area (Å²) in [5, 5.41) is 39.0. The molecular formula is C20H31O5-. The molecule has 0 aliphatic heterocycles. The molecule has 5 heteroatoms. The molecule has 142 valence electrons. The van der Waals surface area contributed by atoms with E-state index in [0.717, 1.165) is 19.3 Å². The van der Waals surface area contributed by atoms with Gasteiger partial charge in [0.25, 0.3) is 0 Å². The summed E-state index contributed by atoms with van der Waals surface area (Å²) in [4.78, 5) is 10.2. The van der Waals surface area contributed by atoms with Crippen LogP contribution in [0.2, 0.25) is 0 Å². The van der Waals surface area contributed by atoms with Crippen LogP contribution in [0, 0.1) is 0 Å². The molecule has 0 heterocycles. The van der Waals surface area contributed by atoms with Crippen LogP contribution in [-0.2, 0) is 4.79 Å². The van der Waals surface area contributed by atoms with Gasteiger partial charge in [-0.1, -0.05) is 55.5 Å². The molecule has 0 aliphatic rings. The fourth-order valence-corrected chi connectivity index (χ4v) is 1.99. The highest BCUT2D eigenvalue weighted by Gasteiger charge is 1.98. The second-order valence-electron chi connectivity index (χ2n) is 5.90. The van der Waals surface area contributed by atoms with Crippen molar-refractivity contribution in [2.45, 2.75) is 70.2 Å². The number of carbonyl (C=O) groups excluding carboxylic acids is 1. The lowest BCUT2D eigenvalue weighted by Crippen LogP contribution is -2.22. The summed E-state index contributed by atoms with van der Waals surface area (Å²) in [5.74, 6) is -1.10. The average Bonchev–Trinajstić information content (AvgIpc) is 2.57. The first kappa shape index (κ1) is 23.3. The summed E-state index contributed by atoms with van der Waals surface area (Å²) < 4.78 is 0. The molecule has 0 aliphatic carbocycles.